The quantitative estimate of drug-likeness (QED) is 0.681. The van der Waals surface area contributed by atoms with Gasteiger partial charge in [-0.05, 0) is 49.9 Å². The summed E-state index contributed by atoms with van der Waals surface area (Å²) >= 11 is 0. The van der Waals surface area contributed by atoms with Crippen LogP contribution in [0.15, 0.2) is 33.7 Å². The number of aryl methyl sites for hydroxylation is 1. The van der Waals surface area contributed by atoms with Crippen molar-refractivity contribution in [2.24, 2.45) is 5.92 Å². The van der Waals surface area contributed by atoms with Gasteiger partial charge in [-0.25, -0.2) is 12.8 Å². The minimum atomic E-state index is -3.80. The van der Waals surface area contributed by atoms with E-state index >= 15 is 0 Å². The molecule has 1 saturated heterocycles. The van der Waals surface area contributed by atoms with Crippen LogP contribution in [0.2, 0.25) is 0 Å². The third-order valence-electron chi connectivity index (χ3n) is 6.48. The lowest BCUT2D eigenvalue weighted by Crippen LogP contribution is -2.52. The van der Waals surface area contributed by atoms with Crippen molar-refractivity contribution in [1.29, 1.82) is 0 Å². The SMILES string of the molecule is Cc1nc(C2(NC(=O)C3CCCN(S(=O)(=O)c4ccc(F)cc4)C3)CCCCCC2)no1. The molecule has 1 N–H and O–H groups in total. The van der Waals surface area contributed by atoms with E-state index in [-0.39, 0.29) is 17.3 Å². The minimum absolute atomic E-state index is 0.0301. The van der Waals surface area contributed by atoms with Crippen molar-refractivity contribution in [3.63, 3.8) is 0 Å². The van der Waals surface area contributed by atoms with Gasteiger partial charge >= 0.3 is 0 Å². The van der Waals surface area contributed by atoms with Gasteiger partial charge in [0.05, 0.1) is 10.8 Å². The number of carbonyl (C=O) groups excluding carboxylic acids is 1. The van der Waals surface area contributed by atoms with Gasteiger partial charge in [-0.3, -0.25) is 4.79 Å². The number of piperidine rings is 1. The highest BCUT2D eigenvalue weighted by atomic mass is 32.2. The maximum absolute atomic E-state index is 13.3. The second-order valence-corrected chi connectivity index (χ2v) is 10.7. The number of carbonyl (C=O) groups is 1. The molecule has 1 atom stereocenters. The molecule has 8 nitrogen and oxygen atoms in total. The first-order chi connectivity index (χ1) is 15.3. The monoisotopic (exact) mass is 464 g/mol. The number of nitrogens with one attached hydrogen (secondary N) is 1. The molecular weight excluding hydrogens is 435 g/mol. The molecule has 2 heterocycles. The molecule has 10 heteroatoms. The van der Waals surface area contributed by atoms with Crippen molar-refractivity contribution in [1.82, 2.24) is 19.8 Å². The fourth-order valence-corrected chi connectivity index (χ4v) is 6.22. The Morgan fingerprint density at radius 1 is 1.16 bits per heavy atom. The number of sulfonamides is 1. The maximum atomic E-state index is 13.3. The fraction of sp³-hybridized carbons (Fsp3) is 0.591. The number of halogens is 1. The van der Waals surface area contributed by atoms with Crippen LogP contribution in [0.1, 0.15) is 63.1 Å². The third kappa shape index (κ3) is 4.71. The van der Waals surface area contributed by atoms with Gasteiger partial charge in [0.2, 0.25) is 21.8 Å². The zero-order chi connectivity index (χ0) is 22.8. The third-order valence-corrected chi connectivity index (χ3v) is 8.36. The van der Waals surface area contributed by atoms with Crippen LogP contribution >= 0.6 is 0 Å². The van der Waals surface area contributed by atoms with Crippen molar-refractivity contribution in [2.45, 2.75) is 68.7 Å². The van der Waals surface area contributed by atoms with Crippen LogP contribution in [-0.4, -0.2) is 41.9 Å². The predicted octanol–water partition coefficient (Wildman–Crippen LogP) is 3.28. The molecule has 32 heavy (non-hydrogen) atoms. The number of hydrogen-bond donors (Lipinski definition) is 1. The topological polar surface area (TPSA) is 105 Å². The van der Waals surface area contributed by atoms with Gasteiger partial charge in [-0.15, -0.1) is 0 Å². The Labute approximate surface area is 187 Å². The largest absolute Gasteiger partial charge is 0.343 e. The average molecular weight is 465 g/mol. The summed E-state index contributed by atoms with van der Waals surface area (Å²) in [5.74, 6) is -0.213. The highest BCUT2D eigenvalue weighted by Crippen LogP contribution is 2.35. The molecule has 1 saturated carbocycles. The molecule has 1 unspecified atom stereocenters. The van der Waals surface area contributed by atoms with Gasteiger partial charge in [0.25, 0.3) is 0 Å². The zero-order valence-electron chi connectivity index (χ0n) is 18.2. The van der Waals surface area contributed by atoms with E-state index < -0.39 is 27.3 Å². The van der Waals surface area contributed by atoms with Crippen LogP contribution in [0.5, 0.6) is 0 Å². The number of hydrogen-bond acceptors (Lipinski definition) is 6. The Hall–Kier alpha value is -2.33. The summed E-state index contributed by atoms with van der Waals surface area (Å²) in [7, 11) is -3.80. The molecule has 1 aliphatic carbocycles. The van der Waals surface area contributed by atoms with Gasteiger partial charge in [0.15, 0.2) is 5.82 Å². The predicted molar refractivity (Wildman–Crippen MR) is 114 cm³/mol. The van der Waals surface area contributed by atoms with Crippen LogP contribution in [0.4, 0.5) is 4.39 Å². The number of nitrogens with zero attached hydrogens (tertiary/aromatic N) is 3. The minimum Gasteiger partial charge on any atom is -0.343 e. The molecule has 1 aromatic heterocycles. The van der Waals surface area contributed by atoms with E-state index in [4.69, 9.17) is 4.52 Å². The number of amides is 1. The van der Waals surface area contributed by atoms with Crippen LogP contribution < -0.4 is 5.32 Å². The first kappa shape index (κ1) is 22.8. The second-order valence-electron chi connectivity index (χ2n) is 8.78. The molecule has 4 rings (SSSR count). The van der Waals surface area contributed by atoms with Gasteiger partial charge in [-0.2, -0.15) is 9.29 Å². The molecule has 1 aliphatic heterocycles. The van der Waals surface area contributed by atoms with Crippen molar-refractivity contribution in [3.05, 3.63) is 41.8 Å². The molecule has 2 aliphatic rings. The molecule has 1 amide bonds. The standard InChI is InChI=1S/C22H29FN4O4S/c1-16-24-21(26-31-16)22(12-4-2-3-5-13-22)25-20(28)17-7-6-14-27(15-17)32(29,30)19-10-8-18(23)9-11-19/h8-11,17H,2-7,12-15H2,1H3,(H,25,28). The average Bonchev–Trinajstić information content (AvgIpc) is 3.09. The normalized spacial score (nSPS) is 22.2. The van der Waals surface area contributed by atoms with E-state index in [1.165, 1.54) is 16.4 Å². The first-order valence-electron chi connectivity index (χ1n) is 11.2. The Balaban J connectivity index is 1.52. The van der Waals surface area contributed by atoms with Crippen LogP contribution in [0, 0.1) is 18.7 Å². The summed E-state index contributed by atoms with van der Waals surface area (Å²) in [6, 6.07) is 4.77. The Bertz CT molecular complexity index is 1050. The molecular formula is C22H29FN4O4S. The molecule has 2 fully saturated rings. The number of rotatable bonds is 5. The lowest BCUT2D eigenvalue weighted by Gasteiger charge is -2.35. The van der Waals surface area contributed by atoms with Crippen LogP contribution in [0.3, 0.4) is 0 Å². The van der Waals surface area contributed by atoms with Gasteiger partial charge < -0.3 is 9.84 Å². The molecule has 174 valence electrons. The van der Waals surface area contributed by atoms with Gasteiger partial charge in [0, 0.05) is 20.0 Å². The molecule has 1 aromatic carbocycles. The first-order valence-corrected chi connectivity index (χ1v) is 12.6. The Kier molecular flexibility index (Phi) is 6.62. The molecule has 0 bridgehead atoms. The van der Waals surface area contributed by atoms with E-state index in [1.807, 2.05) is 0 Å². The summed E-state index contributed by atoms with van der Waals surface area (Å²) in [4.78, 5) is 17.8. The Morgan fingerprint density at radius 3 is 2.47 bits per heavy atom. The van der Waals surface area contributed by atoms with Crippen LogP contribution in [0.25, 0.3) is 0 Å². The van der Waals surface area contributed by atoms with Gasteiger partial charge in [-0.1, -0.05) is 30.8 Å². The smallest absolute Gasteiger partial charge is 0.243 e. The highest BCUT2D eigenvalue weighted by molar-refractivity contribution is 7.89. The summed E-state index contributed by atoms with van der Waals surface area (Å²) < 4.78 is 45.8. The molecule has 0 radical (unpaired) electrons. The summed E-state index contributed by atoms with van der Waals surface area (Å²) in [6.45, 7) is 2.15. The van der Waals surface area contributed by atoms with E-state index in [1.54, 1.807) is 6.92 Å². The van der Waals surface area contributed by atoms with Crippen molar-refractivity contribution >= 4 is 15.9 Å². The van der Waals surface area contributed by atoms with Crippen LogP contribution in [-0.2, 0) is 20.4 Å². The summed E-state index contributed by atoms with van der Waals surface area (Å²) in [5.41, 5.74) is -0.691. The van der Waals surface area contributed by atoms with Gasteiger partial charge in [0.1, 0.15) is 11.4 Å². The number of benzene rings is 1. The van der Waals surface area contributed by atoms with E-state index in [0.717, 1.165) is 50.7 Å². The fourth-order valence-electron chi connectivity index (χ4n) is 4.70. The molecule has 2 aromatic rings. The Morgan fingerprint density at radius 2 is 1.84 bits per heavy atom. The maximum Gasteiger partial charge on any atom is 0.243 e. The number of aromatic nitrogens is 2. The van der Waals surface area contributed by atoms with E-state index in [9.17, 15) is 17.6 Å². The van der Waals surface area contributed by atoms with E-state index in [0.29, 0.717) is 31.1 Å². The van der Waals surface area contributed by atoms with Crippen molar-refractivity contribution < 1.29 is 22.1 Å². The lowest BCUT2D eigenvalue weighted by molar-refractivity contribution is -0.128. The van der Waals surface area contributed by atoms with E-state index in [2.05, 4.69) is 15.5 Å². The summed E-state index contributed by atoms with van der Waals surface area (Å²) in [5, 5.41) is 7.31. The highest BCUT2D eigenvalue weighted by Gasteiger charge is 2.41. The second kappa shape index (κ2) is 9.27. The lowest BCUT2D eigenvalue weighted by atomic mass is 9.87. The van der Waals surface area contributed by atoms with Crippen molar-refractivity contribution in [3.8, 4) is 0 Å². The van der Waals surface area contributed by atoms with Crippen molar-refractivity contribution in [2.75, 3.05) is 13.1 Å². The summed E-state index contributed by atoms with van der Waals surface area (Å²) in [6.07, 6.45) is 6.69. The zero-order valence-corrected chi connectivity index (χ0v) is 19.0. The molecule has 0 spiro atoms.